The van der Waals surface area contributed by atoms with E-state index in [1.54, 1.807) is 19.1 Å². The van der Waals surface area contributed by atoms with Gasteiger partial charge in [-0.3, -0.25) is 4.79 Å². The fraction of sp³-hybridized carbons (Fsp3) is 0.278. The molecule has 0 radical (unpaired) electrons. The van der Waals surface area contributed by atoms with E-state index in [-0.39, 0.29) is 18.3 Å². The van der Waals surface area contributed by atoms with Gasteiger partial charge in [0, 0.05) is 6.42 Å². The Morgan fingerprint density at radius 1 is 0.962 bits per heavy atom. The Labute approximate surface area is 151 Å². The van der Waals surface area contributed by atoms with Crippen LogP contribution >= 0.6 is 0 Å². The molecule has 2 aromatic rings. The number of hydrogen-bond donors (Lipinski definition) is 2. The Hall–Kier alpha value is -2.32. The monoisotopic (exact) mass is 382 g/mol. The van der Waals surface area contributed by atoms with Gasteiger partial charge in [-0.1, -0.05) is 24.3 Å². The van der Waals surface area contributed by atoms with Crippen LogP contribution in [0.4, 0.5) is 8.78 Å². The van der Waals surface area contributed by atoms with Gasteiger partial charge in [0.05, 0.1) is 18.3 Å². The zero-order valence-corrected chi connectivity index (χ0v) is 15.2. The second-order valence-corrected chi connectivity index (χ2v) is 7.82. The summed E-state index contributed by atoms with van der Waals surface area (Å²) in [5, 5.41) is 2.74. The lowest BCUT2D eigenvalue weighted by molar-refractivity contribution is -0.122. The van der Waals surface area contributed by atoms with Crippen molar-refractivity contribution in [2.24, 2.45) is 0 Å². The summed E-state index contributed by atoms with van der Waals surface area (Å²) in [5.41, 5.74) is 1.19. The van der Waals surface area contributed by atoms with Crippen LogP contribution < -0.4 is 10.0 Å². The summed E-state index contributed by atoms with van der Waals surface area (Å²) in [6, 6.07) is 9.76. The normalized spacial score (nSPS) is 13.8. The molecule has 0 heterocycles. The minimum atomic E-state index is -3.58. The fourth-order valence-electron chi connectivity index (χ4n) is 2.50. The molecule has 0 bridgehead atoms. The first-order chi connectivity index (χ1) is 12.1. The zero-order valence-electron chi connectivity index (χ0n) is 14.4. The SMILES string of the molecule is CC(NC(=O)CC(NS(C)(=O)=O)c1ccc(F)cc1)c1ccc(F)cc1. The summed E-state index contributed by atoms with van der Waals surface area (Å²) in [4.78, 5) is 12.3. The summed E-state index contributed by atoms with van der Waals surface area (Å²) in [7, 11) is -3.58. The van der Waals surface area contributed by atoms with Gasteiger partial charge in [0.15, 0.2) is 0 Å². The molecule has 0 spiro atoms. The van der Waals surface area contributed by atoms with Crippen LogP contribution in [-0.2, 0) is 14.8 Å². The van der Waals surface area contributed by atoms with Crippen molar-refractivity contribution in [3.63, 3.8) is 0 Å². The van der Waals surface area contributed by atoms with Crippen molar-refractivity contribution in [2.75, 3.05) is 6.26 Å². The van der Waals surface area contributed by atoms with Crippen molar-refractivity contribution in [1.82, 2.24) is 10.0 Å². The molecule has 26 heavy (non-hydrogen) atoms. The number of carbonyl (C=O) groups is 1. The van der Waals surface area contributed by atoms with E-state index in [0.29, 0.717) is 11.1 Å². The molecule has 0 aliphatic heterocycles. The van der Waals surface area contributed by atoms with E-state index in [4.69, 9.17) is 0 Å². The number of carbonyl (C=O) groups excluding carboxylic acids is 1. The maximum atomic E-state index is 13.1. The standard InChI is InChI=1S/C18H20F2N2O3S/c1-12(13-3-7-15(19)8-4-13)21-18(23)11-17(22-26(2,24)25)14-5-9-16(20)10-6-14/h3-10,12,17,22H,11H2,1-2H3,(H,21,23). The summed E-state index contributed by atoms with van der Waals surface area (Å²) in [5.74, 6) is -1.23. The third-order valence-corrected chi connectivity index (χ3v) is 4.48. The lowest BCUT2D eigenvalue weighted by atomic mass is 10.0. The van der Waals surface area contributed by atoms with Gasteiger partial charge in [-0.15, -0.1) is 0 Å². The van der Waals surface area contributed by atoms with Crippen LogP contribution in [0.5, 0.6) is 0 Å². The third-order valence-electron chi connectivity index (χ3n) is 3.77. The van der Waals surface area contributed by atoms with Crippen LogP contribution in [0.15, 0.2) is 48.5 Å². The number of nitrogens with one attached hydrogen (secondary N) is 2. The molecule has 2 unspecified atom stereocenters. The van der Waals surface area contributed by atoms with Crippen LogP contribution in [0.3, 0.4) is 0 Å². The molecule has 140 valence electrons. The van der Waals surface area contributed by atoms with E-state index >= 15 is 0 Å². The quantitative estimate of drug-likeness (QED) is 0.773. The van der Waals surface area contributed by atoms with Gasteiger partial charge < -0.3 is 5.32 Å². The Bertz CT molecular complexity index is 853. The molecule has 0 aromatic heterocycles. The van der Waals surface area contributed by atoms with E-state index in [1.807, 2.05) is 0 Å². The number of amides is 1. The lowest BCUT2D eigenvalue weighted by Crippen LogP contribution is -2.34. The second-order valence-electron chi connectivity index (χ2n) is 6.04. The highest BCUT2D eigenvalue weighted by Gasteiger charge is 2.21. The average molecular weight is 382 g/mol. The highest BCUT2D eigenvalue weighted by atomic mass is 32.2. The molecule has 0 saturated carbocycles. The molecule has 8 heteroatoms. The highest BCUT2D eigenvalue weighted by Crippen LogP contribution is 2.20. The van der Waals surface area contributed by atoms with E-state index in [9.17, 15) is 22.0 Å². The van der Waals surface area contributed by atoms with Crippen LogP contribution in [0.2, 0.25) is 0 Å². The van der Waals surface area contributed by atoms with Crippen LogP contribution in [0.25, 0.3) is 0 Å². The van der Waals surface area contributed by atoms with Crippen molar-refractivity contribution in [3.05, 3.63) is 71.3 Å². The minimum Gasteiger partial charge on any atom is -0.350 e. The Morgan fingerprint density at radius 3 is 1.88 bits per heavy atom. The van der Waals surface area contributed by atoms with E-state index in [0.717, 1.165) is 6.26 Å². The van der Waals surface area contributed by atoms with E-state index in [1.165, 1.54) is 36.4 Å². The number of sulfonamides is 1. The van der Waals surface area contributed by atoms with Crippen molar-refractivity contribution in [1.29, 1.82) is 0 Å². The molecule has 2 rings (SSSR count). The predicted octanol–water partition coefficient (Wildman–Crippen LogP) is 2.82. The first kappa shape index (κ1) is 20.0. The second kappa shape index (κ2) is 8.37. The van der Waals surface area contributed by atoms with E-state index in [2.05, 4.69) is 10.0 Å². The van der Waals surface area contributed by atoms with Gasteiger partial charge in [0.2, 0.25) is 15.9 Å². The molecular weight excluding hydrogens is 362 g/mol. The summed E-state index contributed by atoms with van der Waals surface area (Å²) in [6.45, 7) is 1.74. The zero-order chi connectivity index (χ0) is 19.3. The lowest BCUT2D eigenvalue weighted by Gasteiger charge is -2.20. The van der Waals surface area contributed by atoms with Crippen molar-refractivity contribution < 1.29 is 22.0 Å². The molecule has 1 amide bonds. The maximum Gasteiger partial charge on any atom is 0.222 e. The molecule has 0 fully saturated rings. The largest absolute Gasteiger partial charge is 0.350 e. The van der Waals surface area contributed by atoms with Gasteiger partial charge in [-0.25, -0.2) is 21.9 Å². The van der Waals surface area contributed by atoms with Crippen LogP contribution in [0.1, 0.15) is 36.6 Å². The number of benzene rings is 2. The molecule has 5 nitrogen and oxygen atoms in total. The summed E-state index contributed by atoms with van der Waals surface area (Å²) >= 11 is 0. The number of hydrogen-bond acceptors (Lipinski definition) is 3. The maximum absolute atomic E-state index is 13.1. The molecule has 0 saturated heterocycles. The van der Waals surface area contributed by atoms with Crippen LogP contribution in [-0.4, -0.2) is 20.6 Å². The molecule has 2 aromatic carbocycles. The van der Waals surface area contributed by atoms with Gasteiger partial charge in [0.1, 0.15) is 11.6 Å². The number of halogens is 2. The molecular formula is C18H20F2N2O3S. The molecule has 2 N–H and O–H groups in total. The molecule has 0 aliphatic rings. The third kappa shape index (κ3) is 6.20. The first-order valence-corrected chi connectivity index (χ1v) is 9.81. The van der Waals surface area contributed by atoms with Crippen molar-refractivity contribution >= 4 is 15.9 Å². The summed E-state index contributed by atoms with van der Waals surface area (Å²) in [6.07, 6.45) is 0.826. The fourth-order valence-corrected chi connectivity index (χ4v) is 3.24. The van der Waals surface area contributed by atoms with Crippen molar-refractivity contribution in [2.45, 2.75) is 25.4 Å². The Balaban J connectivity index is 2.10. The Kier molecular flexibility index (Phi) is 6.44. The first-order valence-electron chi connectivity index (χ1n) is 7.91. The molecule has 0 aliphatic carbocycles. The van der Waals surface area contributed by atoms with Crippen molar-refractivity contribution in [3.8, 4) is 0 Å². The number of rotatable bonds is 7. The molecule has 2 atom stereocenters. The highest BCUT2D eigenvalue weighted by molar-refractivity contribution is 7.88. The topological polar surface area (TPSA) is 75.3 Å². The van der Waals surface area contributed by atoms with Gasteiger partial charge in [-0.2, -0.15) is 0 Å². The Morgan fingerprint density at radius 2 is 1.42 bits per heavy atom. The van der Waals surface area contributed by atoms with Crippen LogP contribution in [0, 0.1) is 11.6 Å². The smallest absolute Gasteiger partial charge is 0.222 e. The predicted molar refractivity (Wildman–Crippen MR) is 94.7 cm³/mol. The minimum absolute atomic E-state index is 0.162. The summed E-state index contributed by atoms with van der Waals surface area (Å²) < 4.78 is 51.6. The van der Waals surface area contributed by atoms with Gasteiger partial charge >= 0.3 is 0 Å². The van der Waals surface area contributed by atoms with E-state index < -0.39 is 27.8 Å². The van der Waals surface area contributed by atoms with Gasteiger partial charge in [-0.05, 0) is 42.3 Å². The van der Waals surface area contributed by atoms with Gasteiger partial charge in [0.25, 0.3) is 0 Å². The average Bonchev–Trinajstić information content (AvgIpc) is 2.54.